The maximum absolute atomic E-state index is 13.2. The zero-order valence-corrected chi connectivity index (χ0v) is 13.6. The highest BCUT2D eigenvalue weighted by Gasteiger charge is 2.42. The normalized spacial score (nSPS) is 16.7. The first-order valence-corrected chi connectivity index (χ1v) is 7.82. The SMILES string of the molecule is Cc1cc(F)ccc1-n1cc(O)c(C(=O)NC(C)(CO)C2CC2)n1. The first-order valence-electron chi connectivity index (χ1n) is 7.82. The van der Waals surface area contributed by atoms with E-state index in [0.29, 0.717) is 11.3 Å². The number of rotatable bonds is 5. The molecule has 3 N–H and O–H groups in total. The molecular formula is C17H20FN3O3. The molecule has 1 aliphatic rings. The second-order valence-electron chi connectivity index (χ2n) is 6.54. The molecule has 1 fully saturated rings. The van der Waals surface area contributed by atoms with Crippen LogP contribution in [0.25, 0.3) is 5.69 Å². The van der Waals surface area contributed by atoms with E-state index in [4.69, 9.17) is 0 Å². The van der Waals surface area contributed by atoms with E-state index < -0.39 is 11.4 Å². The van der Waals surface area contributed by atoms with Crippen LogP contribution in [0.2, 0.25) is 0 Å². The van der Waals surface area contributed by atoms with Crippen molar-refractivity contribution in [3.05, 3.63) is 41.5 Å². The maximum Gasteiger partial charge on any atom is 0.276 e. The summed E-state index contributed by atoms with van der Waals surface area (Å²) in [6, 6.07) is 4.17. The summed E-state index contributed by atoms with van der Waals surface area (Å²) in [5, 5.41) is 26.5. The number of halogens is 1. The van der Waals surface area contributed by atoms with Crippen LogP contribution in [0, 0.1) is 18.7 Å². The molecular weight excluding hydrogens is 313 g/mol. The smallest absolute Gasteiger partial charge is 0.276 e. The predicted molar refractivity (Wildman–Crippen MR) is 85.6 cm³/mol. The Bertz CT molecular complexity index is 785. The maximum atomic E-state index is 13.2. The number of hydrogen-bond donors (Lipinski definition) is 3. The van der Waals surface area contributed by atoms with Gasteiger partial charge in [0.2, 0.25) is 0 Å². The fourth-order valence-corrected chi connectivity index (χ4v) is 2.84. The third-order valence-corrected chi connectivity index (χ3v) is 4.52. The Morgan fingerprint density at radius 3 is 2.79 bits per heavy atom. The quantitative estimate of drug-likeness (QED) is 0.780. The average Bonchev–Trinajstić information content (AvgIpc) is 3.31. The number of aromatic hydroxyl groups is 1. The Morgan fingerprint density at radius 1 is 1.50 bits per heavy atom. The van der Waals surface area contributed by atoms with Gasteiger partial charge in [-0.2, -0.15) is 5.10 Å². The van der Waals surface area contributed by atoms with Crippen LogP contribution >= 0.6 is 0 Å². The molecule has 0 aliphatic heterocycles. The van der Waals surface area contributed by atoms with Crippen molar-refractivity contribution in [2.45, 2.75) is 32.2 Å². The lowest BCUT2D eigenvalue weighted by Gasteiger charge is -2.28. The zero-order chi connectivity index (χ0) is 17.5. The molecule has 0 bridgehead atoms. The lowest BCUT2D eigenvalue weighted by atomic mass is 9.97. The van der Waals surface area contributed by atoms with Gasteiger partial charge >= 0.3 is 0 Å². The molecule has 0 saturated heterocycles. The molecule has 1 unspecified atom stereocenters. The van der Waals surface area contributed by atoms with Crippen LogP contribution in [0.4, 0.5) is 4.39 Å². The van der Waals surface area contributed by atoms with E-state index in [1.165, 1.54) is 29.1 Å². The Labute approximate surface area is 138 Å². The van der Waals surface area contributed by atoms with Crippen molar-refractivity contribution in [2.24, 2.45) is 5.92 Å². The van der Waals surface area contributed by atoms with Gasteiger partial charge in [0.25, 0.3) is 5.91 Å². The minimum atomic E-state index is -0.723. The first-order chi connectivity index (χ1) is 11.3. The fourth-order valence-electron chi connectivity index (χ4n) is 2.84. The van der Waals surface area contributed by atoms with Crippen molar-refractivity contribution in [2.75, 3.05) is 6.61 Å². The zero-order valence-electron chi connectivity index (χ0n) is 13.6. The molecule has 128 valence electrons. The predicted octanol–water partition coefficient (Wildman–Crippen LogP) is 1.92. The van der Waals surface area contributed by atoms with Crippen LogP contribution in [0.5, 0.6) is 5.75 Å². The molecule has 1 aliphatic carbocycles. The topological polar surface area (TPSA) is 87.4 Å². The highest BCUT2D eigenvalue weighted by molar-refractivity contribution is 5.95. The van der Waals surface area contributed by atoms with Crippen molar-refractivity contribution >= 4 is 5.91 Å². The van der Waals surface area contributed by atoms with Gasteiger partial charge in [-0.1, -0.05) is 0 Å². The van der Waals surface area contributed by atoms with E-state index >= 15 is 0 Å². The summed E-state index contributed by atoms with van der Waals surface area (Å²) >= 11 is 0. The van der Waals surface area contributed by atoms with Crippen LogP contribution in [0.15, 0.2) is 24.4 Å². The molecule has 1 aromatic carbocycles. The number of aliphatic hydroxyl groups is 1. The summed E-state index contributed by atoms with van der Waals surface area (Å²) in [6.45, 7) is 3.31. The molecule has 0 spiro atoms. The van der Waals surface area contributed by atoms with Crippen molar-refractivity contribution < 1.29 is 19.4 Å². The Morgan fingerprint density at radius 2 is 2.21 bits per heavy atom. The fraction of sp³-hybridized carbons (Fsp3) is 0.412. The number of aliphatic hydroxyl groups excluding tert-OH is 1. The number of aromatic nitrogens is 2. The summed E-state index contributed by atoms with van der Waals surface area (Å²) in [4.78, 5) is 12.4. The van der Waals surface area contributed by atoms with Gasteiger partial charge in [-0.05, 0) is 56.4 Å². The molecule has 3 rings (SSSR count). The molecule has 1 heterocycles. The highest BCUT2D eigenvalue weighted by Crippen LogP contribution is 2.39. The summed E-state index contributed by atoms with van der Waals surface area (Å²) in [7, 11) is 0. The molecule has 0 radical (unpaired) electrons. The minimum Gasteiger partial charge on any atom is -0.504 e. The third kappa shape index (κ3) is 2.99. The molecule has 2 aromatic rings. The van der Waals surface area contributed by atoms with Gasteiger partial charge in [0.05, 0.1) is 24.0 Å². The monoisotopic (exact) mass is 333 g/mol. The number of nitrogens with zero attached hydrogens (tertiary/aromatic N) is 2. The van der Waals surface area contributed by atoms with Crippen molar-refractivity contribution in [1.29, 1.82) is 0 Å². The number of aryl methyl sites for hydroxylation is 1. The highest BCUT2D eigenvalue weighted by atomic mass is 19.1. The number of hydrogen-bond acceptors (Lipinski definition) is 4. The van der Waals surface area contributed by atoms with Gasteiger partial charge in [-0.3, -0.25) is 4.79 Å². The number of amides is 1. The van der Waals surface area contributed by atoms with Crippen molar-refractivity contribution in [3.8, 4) is 11.4 Å². The second-order valence-corrected chi connectivity index (χ2v) is 6.54. The van der Waals surface area contributed by atoms with Crippen LogP contribution in [0.3, 0.4) is 0 Å². The van der Waals surface area contributed by atoms with Gasteiger partial charge in [-0.25, -0.2) is 9.07 Å². The Hall–Kier alpha value is -2.41. The molecule has 6 nitrogen and oxygen atoms in total. The molecule has 24 heavy (non-hydrogen) atoms. The van der Waals surface area contributed by atoms with Crippen LogP contribution < -0.4 is 5.32 Å². The number of carbonyl (C=O) groups excluding carboxylic acids is 1. The van der Waals surface area contributed by atoms with Gasteiger partial charge in [-0.15, -0.1) is 0 Å². The van der Waals surface area contributed by atoms with Gasteiger partial charge in [0, 0.05) is 0 Å². The Balaban J connectivity index is 1.87. The van der Waals surface area contributed by atoms with E-state index in [-0.39, 0.29) is 29.8 Å². The van der Waals surface area contributed by atoms with E-state index in [1.807, 2.05) is 0 Å². The lowest BCUT2D eigenvalue weighted by Crippen LogP contribution is -2.50. The van der Waals surface area contributed by atoms with Gasteiger partial charge in [0.1, 0.15) is 5.82 Å². The molecule has 1 saturated carbocycles. The van der Waals surface area contributed by atoms with E-state index in [1.54, 1.807) is 13.8 Å². The van der Waals surface area contributed by atoms with Crippen molar-refractivity contribution in [1.82, 2.24) is 15.1 Å². The third-order valence-electron chi connectivity index (χ3n) is 4.52. The van der Waals surface area contributed by atoms with E-state index in [0.717, 1.165) is 12.8 Å². The summed E-state index contributed by atoms with van der Waals surface area (Å²) in [5.74, 6) is -0.953. The summed E-state index contributed by atoms with van der Waals surface area (Å²) < 4.78 is 14.6. The first kappa shape index (κ1) is 16.4. The van der Waals surface area contributed by atoms with Crippen molar-refractivity contribution in [3.63, 3.8) is 0 Å². The molecule has 1 atom stereocenters. The van der Waals surface area contributed by atoms with E-state index in [9.17, 15) is 19.4 Å². The standard InChI is InChI=1S/C17H20FN3O3/c1-10-7-12(18)5-6-13(10)21-8-14(23)15(20-21)16(24)19-17(2,9-22)11-3-4-11/h5-8,11,22-23H,3-4,9H2,1-2H3,(H,19,24). The average molecular weight is 333 g/mol. The van der Waals surface area contributed by atoms with Crippen LogP contribution in [-0.4, -0.2) is 38.0 Å². The van der Waals surface area contributed by atoms with Crippen LogP contribution in [0.1, 0.15) is 35.8 Å². The number of carbonyl (C=O) groups is 1. The largest absolute Gasteiger partial charge is 0.504 e. The van der Waals surface area contributed by atoms with Crippen LogP contribution in [-0.2, 0) is 0 Å². The van der Waals surface area contributed by atoms with E-state index in [2.05, 4.69) is 10.4 Å². The number of benzene rings is 1. The van der Waals surface area contributed by atoms with Gasteiger partial charge < -0.3 is 15.5 Å². The van der Waals surface area contributed by atoms with Gasteiger partial charge in [0.15, 0.2) is 11.4 Å². The second kappa shape index (κ2) is 5.90. The molecule has 1 amide bonds. The molecule has 7 heteroatoms. The minimum absolute atomic E-state index is 0.126. The summed E-state index contributed by atoms with van der Waals surface area (Å²) in [5.41, 5.74) is 0.346. The lowest BCUT2D eigenvalue weighted by molar-refractivity contribution is 0.0816. The Kier molecular flexibility index (Phi) is 4.04. The summed E-state index contributed by atoms with van der Waals surface area (Å²) in [6.07, 6.45) is 3.21. The number of nitrogens with one attached hydrogen (secondary N) is 1. The molecule has 1 aromatic heterocycles.